The molecule has 0 radical (unpaired) electrons. The van der Waals surface area contributed by atoms with Crippen molar-refractivity contribution in [3.63, 3.8) is 0 Å². The molecule has 0 unspecified atom stereocenters. The zero-order chi connectivity index (χ0) is 19.4. The standard InChI is InChI=1S/C23H24N2O2/c1-15(19-12-11-18-7-4-5-8-21(18)13-19)24-16(2)23(27)25-22-10-6-9-20(14-22)17(3)26/h4-16,24H,1-3H3,(H,25,27)/t15-,16-/m1/s1. The molecule has 4 nitrogen and oxygen atoms in total. The zero-order valence-electron chi connectivity index (χ0n) is 15.8. The van der Waals surface area contributed by atoms with Crippen molar-refractivity contribution in [1.82, 2.24) is 5.32 Å². The highest BCUT2D eigenvalue weighted by atomic mass is 16.2. The quantitative estimate of drug-likeness (QED) is 0.625. The second-order valence-electron chi connectivity index (χ2n) is 6.84. The highest BCUT2D eigenvalue weighted by molar-refractivity contribution is 5.98. The third-order valence-corrected chi connectivity index (χ3v) is 4.70. The lowest BCUT2D eigenvalue weighted by Crippen LogP contribution is -2.39. The van der Waals surface area contributed by atoms with Gasteiger partial charge in [-0.15, -0.1) is 0 Å². The van der Waals surface area contributed by atoms with Gasteiger partial charge in [0, 0.05) is 17.3 Å². The van der Waals surface area contributed by atoms with Gasteiger partial charge in [0.1, 0.15) is 0 Å². The number of benzene rings is 3. The maximum atomic E-state index is 12.5. The lowest BCUT2D eigenvalue weighted by atomic mass is 10.0. The fraction of sp³-hybridized carbons (Fsp3) is 0.217. The molecule has 0 bridgehead atoms. The van der Waals surface area contributed by atoms with E-state index in [4.69, 9.17) is 0 Å². The summed E-state index contributed by atoms with van der Waals surface area (Å²) in [6, 6.07) is 21.2. The van der Waals surface area contributed by atoms with Crippen molar-refractivity contribution in [3.8, 4) is 0 Å². The molecule has 0 saturated carbocycles. The van der Waals surface area contributed by atoms with Crippen LogP contribution in [0.5, 0.6) is 0 Å². The van der Waals surface area contributed by atoms with Gasteiger partial charge >= 0.3 is 0 Å². The number of carbonyl (C=O) groups is 2. The highest BCUT2D eigenvalue weighted by Gasteiger charge is 2.17. The summed E-state index contributed by atoms with van der Waals surface area (Å²) in [5.74, 6) is -0.162. The molecule has 3 aromatic carbocycles. The minimum atomic E-state index is -0.382. The molecule has 1 amide bonds. The van der Waals surface area contributed by atoms with E-state index in [-0.39, 0.29) is 23.8 Å². The average Bonchev–Trinajstić information content (AvgIpc) is 2.67. The van der Waals surface area contributed by atoms with Crippen LogP contribution in [0.15, 0.2) is 66.7 Å². The van der Waals surface area contributed by atoms with Crippen molar-refractivity contribution < 1.29 is 9.59 Å². The summed E-state index contributed by atoms with van der Waals surface area (Å²) >= 11 is 0. The lowest BCUT2D eigenvalue weighted by Gasteiger charge is -2.20. The molecule has 27 heavy (non-hydrogen) atoms. The fourth-order valence-electron chi connectivity index (χ4n) is 3.09. The Morgan fingerprint density at radius 1 is 0.852 bits per heavy atom. The number of Topliss-reactive ketones (excluding diaryl/α,β-unsaturated/α-hetero) is 1. The van der Waals surface area contributed by atoms with E-state index < -0.39 is 0 Å². The molecular formula is C23H24N2O2. The van der Waals surface area contributed by atoms with Crippen LogP contribution in [0, 0.1) is 0 Å². The number of nitrogens with one attached hydrogen (secondary N) is 2. The van der Waals surface area contributed by atoms with Crippen LogP contribution >= 0.6 is 0 Å². The second kappa shape index (κ2) is 8.14. The van der Waals surface area contributed by atoms with Crippen LogP contribution in [0.2, 0.25) is 0 Å². The van der Waals surface area contributed by atoms with Crippen molar-refractivity contribution in [3.05, 3.63) is 77.9 Å². The van der Waals surface area contributed by atoms with E-state index in [1.165, 1.54) is 17.7 Å². The average molecular weight is 360 g/mol. The number of anilines is 1. The van der Waals surface area contributed by atoms with Crippen LogP contribution in [0.1, 0.15) is 42.7 Å². The van der Waals surface area contributed by atoms with E-state index in [2.05, 4.69) is 41.0 Å². The van der Waals surface area contributed by atoms with Crippen LogP contribution in [0.3, 0.4) is 0 Å². The molecule has 0 heterocycles. The summed E-state index contributed by atoms with van der Waals surface area (Å²) < 4.78 is 0. The predicted molar refractivity (Wildman–Crippen MR) is 110 cm³/mol. The molecule has 0 aromatic heterocycles. The Labute approximate surface area is 159 Å². The van der Waals surface area contributed by atoms with Crippen molar-refractivity contribution >= 4 is 28.2 Å². The Morgan fingerprint density at radius 2 is 1.59 bits per heavy atom. The van der Waals surface area contributed by atoms with Crippen LogP contribution in [0.25, 0.3) is 10.8 Å². The van der Waals surface area contributed by atoms with Gasteiger partial charge in [-0.1, -0.05) is 48.5 Å². The van der Waals surface area contributed by atoms with Gasteiger partial charge in [0.25, 0.3) is 0 Å². The molecule has 2 atom stereocenters. The van der Waals surface area contributed by atoms with Gasteiger partial charge in [-0.05, 0) is 55.3 Å². The van der Waals surface area contributed by atoms with Crippen molar-refractivity contribution in [1.29, 1.82) is 0 Å². The Balaban J connectivity index is 1.66. The number of rotatable bonds is 6. The summed E-state index contributed by atoms with van der Waals surface area (Å²) in [6.45, 7) is 5.39. The Hall–Kier alpha value is -2.98. The van der Waals surface area contributed by atoms with Crippen LogP contribution < -0.4 is 10.6 Å². The molecule has 0 fully saturated rings. The van der Waals surface area contributed by atoms with Gasteiger partial charge in [-0.25, -0.2) is 0 Å². The first-order valence-corrected chi connectivity index (χ1v) is 9.10. The fourth-order valence-corrected chi connectivity index (χ4v) is 3.09. The number of hydrogen-bond donors (Lipinski definition) is 2. The van der Waals surface area contributed by atoms with E-state index in [0.29, 0.717) is 11.3 Å². The minimum Gasteiger partial charge on any atom is -0.325 e. The van der Waals surface area contributed by atoms with Gasteiger partial charge in [0.05, 0.1) is 6.04 Å². The monoisotopic (exact) mass is 360 g/mol. The molecule has 0 aliphatic carbocycles. The van der Waals surface area contributed by atoms with Gasteiger partial charge in [-0.3, -0.25) is 14.9 Å². The topological polar surface area (TPSA) is 58.2 Å². The second-order valence-corrected chi connectivity index (χ2v) is 6.84. The van der Waals surface area contributed by atoms with Crippen molar-refractivity contribution in [2.75, 3.05) is 5.32 Å². The van der Waals surface area contributed by atoms with Gasteiger partial charge in [0.2, 0.25) is 5.91 Å². The Morgan fingerprint density at radius 3 is 2.33 bits per heavy atom. The molecule has 0 spiro atoms. The van der Waals surface area contributed by atoms with E-state index in [1.54, 1.807) is 24.3 Å². The van der Waals surface area contributed by atoms with Gasteiger partial charge in [0.15, 0.2) is 5.78 Å². The third-order valence-electron chi connectivity index (χ3n) is 4.70. The van der Waals surface area contributed by atoms with Crippen LogP contribution in [-0.4, -0.2) is 17.7 Å². The highest BCUT2D eigenvalue weighted by Crippen LogP contribution is 2.21. The smallest absolute Gasteiger partial charge is 0.241 e. The Bertz CT molecular complexity index is 981. The van der Waals surface area contributed by atoms with Crippen LogP contribution in [-0.2, 0) is 4.79 Å². The summed E-state index contributed by atoms with van der Waals surface area (Å²) in [7, 11) is 0. The number of amides is 1. The van der Waals surface area contributed by atoms with Crippen molar-refractivity contribution in [2.45, 2.75) is 32.9 Å². The summed E-state index contributed by atoms with van der Waals surface area (Å²) in [5, 5.41) is 8.59. The zero-order valence-corrected chi connectivity index (χ0v) is 15.8. The van der Waals surface area contributed by atoms with E-state index >= 15 is 0 Å². The number of fused-ring (bicyclic) bond motifs is 1. The summed E-state index contributed by atoms with van der Waals surface area (Å²) in [4.78, 5) is 24.0. The molecule has 0 aliphatic heterocycles. The maximum Gasteiger partial charge on any atom is 0.241 e. The SMILES string of the molecule is CC(=O)c1cccc(NC(=O)[C@@H](C)N[C@H](C)c2ccc3ccccc3c2)c1. The molecule has 3 aromatic rings. The number of hydrogen-bond acceptors (Lipinski definition) is 3. The maximum absolute atomic E-state index is 12.5. The Kier molecular flexibility index (Phi) is 5.67. The first kappa shape index (κ1) is 18.8. The predicted octanol–water partition coefficient (Wildman–Crippen LogP) is 4.72. The van der Waals surface area contributed by atoms with E-state index in [9.17, 15) is 9.59 Å². The number of ketones is 1. The molecule has 3 rings (SSSR count). The minimum absolute atomic E-state index is 0.0257. The molecule has 0 saturated heterocycles. The van der Waals surface area contributed by atoms with Gasteiger partial charge in [-0.2, -0.15) is 0 Å². The van der Waals surface area contributed by atoms with E-state index in [0.717, 1.165) is 5.56 Å². The first-order valence-electron chi connectivity index (χ1n) is 9.10. The molecular weight excluding hydrogens is 336 g/mol. The molecule has 2 N–H and O–H groups in total. The van der Waals surface area contributed by atoms with Crippen molar-refractivity contribution in [2.24, 2.45) is 0 Å². The van der Waals surface area contributed by atoms with Gasteiger partial charge < -0.3 is 5.32 Å². The van der Waals surface area contributed by atoms with Crippen LogP contribution in [0.4, 0.5) is 5.69 Å². The van der Waals surface area contributed by atoms with E-state index in [1.807, 2.05) is 26.0 Å². The number of carbonyl (C=O) groups excluding carboxylic acids is 2. The normalized spacial score (nSPS) is 13.1. The molecule has 0 aliphatic rings. The first-order chi connectivity index (χ1) is 12.9. The molecule has 4 heteroatoms. The molecule has 138 valence electrons. The third kappa shape index (κ3) is 4.60. The summed E-state index contributed by atoms with van der Waals surface area (Å²) in [5.41, 5.74) is 2.34. The largest absolute Gasteiger partial charge is 0.325 e. The summed E-state index contributed by atoms with van der Waals surface area (Å²) in [6.07, 6.45) is 0. The lowest BCUT2D eigenvalue weighted by molar-refractivity contribution is -0.117.